The van der Waals surface area contributed by atoms with Crippen molar-refractivity contribution in [2.75, 3.05) is 6.54 Å². The molecule has 1 aliphatic heterocycles. The molecule has 2 N–H and O–H groups in total. The van der Waals surface area contributed by atoms with E-state index in [2.05, 4.69) is 15.3 Å². The number of fused-ring (bicyclic) bond motifs is 1. The summed E-state index contributed by atoms with van der Waals surface area (Å²) in [5, 5.41) is 2.91. The van der Waals surface area contributed by atoms with Crippen molar-refractivity contribution in [1.82, 2.24) is 15.0 Å². The Morgan fingerprint density at radius 1 is 1.11 bits per heavy atom. The summed E-state index contributed by atoms with van der Waals surface area (Å²) in [6.07, 6.45) is -2.03. The third-order valence-electron chi connectivity index (χ3n) is 5.73. The summed E-state index contributed by atoms with van der Waals surface area (Å²) in [4.78, 5) is 22.4. The molecule has 202 valence electrons. The molecule has 0 radical (unpaired) electrons. The molecule has 3 aromatic rings. The number of aromatic nitrogens is 1. The van der Waals surface area contributed by atoms with Crippen LogP contribution in [0, 0.1) is 6.92 Å². The molecular formula is C25H24ClF3N4O3S2. The van der Waals surface area contributed by atoms with Crippen molar-refractivity contribution < 1.29 is 26.4 Å². The molecule has 0 spiro atoms. The van der Waals surface area contributed by atoms with Crippen molar-refractivity contribution in [3.8, 4) is 0 Å². The van der Waals surface area contributed by atoms with Crippen LogP contribution in [0.1, 0.15) is 30.2 Å². The van der Waals surface area contributed by atoms with Gasteiger partial charge in [-0.15, -0.1) is 0 Å². The molecule has 13 heteroatoms. The highest BCUT2D eigenvalue weighted by molar-refractivity contribution is 8.30. The summed E-state index contributed by atoms with van der Waals surface area (Å²) >= 11 is 5.97. The Labute approximate surface area is 225 Å². The first-order chi connectivity index (χ1) is 17.9. The van der Waals surface area contributed by atoms with Crippen LogP contribution >= 0.6 is 22.5 Å². The number of halogens is 4. The van der Waals surface area contributed by atoms with Gasteiger partial charge in [-0.25, -0.2) is 22.9 Å². The molecule has 1 atom stereocenters. The Morgan fingerprint density at radius 3 is 2.42 bits per heavy atom. The number of nitrogens with zero attached hydrogens (tertiary/aromatic N) is 2. The van der Waals surface area contributed by atoms with Gasteiger partial charge >= 0.3 is 12.2 Å². The lowest BCUT2D eigenvalue weighted by atomic mass is 10.2. The molecule has 0 saturated carbocycles. The van der Waals surface area contributed by atoms with E-state index in [4.69, 9.17) is 11.6 Å². The van der Waals surface area contributed by atoms with Crippen molar-refractivity contribution >= 4 is 49.3 Å². The number of alkyl halides is 3. The smallest absolute Gasteiger partial charge is 0.337 e. The van der Waals surface area contributed by atoms with Gasteiger partial charge in [-0.05, 0) is 49.7 Å². The molecule has 2 heterocycles. The highest BCUT2D eigenvalue weighted by Gasteiger charge is 2.36. The molecule has 0 bridgehead atoms. The maximum Gasteiger partial charge on any atom is 0.417 e. The number of aliphatic imine (C=N–C) groups is 1. The zero-order valence-corrected chi connectivity index (χ0v) is 22.8. The molecule has 4 rings (SSSR count). The summed E-state index contributed by atoms with van der Waals surface area (Å²) in [6.45, 7) is 3.85. The number of thiol groups is 1. The molecule has 2 aromatic carbocycles. The fourth-order valence-corrected chi connectivity index (χ4v) is 7.48. The maximum absolute atomic E-state index is 13.3. The van der Waals surface area contributed by atoms with Crippen LogP contribution in [0.5, 0.6) is 0 Å². The molecule has 2 amide bonds. The number of amides is 2. The van der Waals surface area contributed by atoms with Crippen LogP contribution < -0.4 is 10.0 Å². The number of rotatable bonds is 7. The van der Waals surface area contributed by atoms with Crippen molar-refractivity contribution in [1.29, 1.82) is 0 Å². The van der Waals surface area contributed by atoms with Gasteiger partial charge in [0.05, 0.1) is 26.2 Å². The molecule has 1 aromatic heterocycles. The minimum Gasteiger partial charge on any atom is -0.337 e. The van der Waals surface area contributed by atoms with Gasteiger partial charge in [-0.2, -0.15) is 24.1 Å². The maximum atomic E-state index is 13.3. The van der Waals surface area contributed by atoms with Gasteiger partial charge in [0.15, 0.2) is 0 Å². The molecule has 0 saturated heterocycles. The van der Waals surface area contributed by atoms with Crippen molar-refractivity contribution in [3.05, 3.63) is 76.6 Å². The number of carbonyl (C=O) groups excluding carboxylic acids is 1. The Kier molecular flexibility index (Phi) is 8.05. The van der Waals surface area contributed by atoms with E-state index in [9.17, 15) is 26.4 Å². The molecule has 0 aliphatic carbocycles. The largest absolute Gasteiger partial charge is 0.417 e. The number of aryl methyl sites for hydroxylation is 1. The van der Waals surface area contributed by atoms with Gasteiger partial charge in [0.1, 0.15) is 0 Å². The van der Waals surface area contributed by atoms with E-state index in [-0.39, 0.29) is 22.2 Å². The van der Waals surface area contributed by atoms with E-state index in [1.807, 2.05) is 24.6 Å². The first kappa shape index (κ1) is 27.9. The van der Waals surface area contributed by atoms with Gasteiger partial charge in [0, 0.05) is 34.6 Å². The van der Waals surface area contributed by atoms with E-state index in [1.165, 1.54) is 18.2 Å². The lowest BCUT2D eigenvalue weighted by Crippen LogP contribution is -2.40. The molecule has 7 nitrogen and oxygen atoms in total. The fraction of sp³-hybridized carbons (Fsp3) is 0.240. The number of carbonyl (C=O) groups is 1. The summed E-state index contributed by atoms with van der Waals surface area (Å²) in [6, 6.07) is 11.2. The quantitative estimate of drug-likeness (QED) is 0.289. The number of sulfonamides is 1. The van der Waals surface area contributed by atoms with Gasteiger partial charge in [0.2, 0.25) is 0 Å². The van der Waals surface area contributed by atoms with Gasteiger partial charge < -0.3 is 5.32 Å². The van der Waals surface area contributed by atoms with Crippen LogP contribution in [0.3, 0.4) is 0 Å². The molecule has 1 aliphatic rings. The number of hydrogen-bond donors (Lipinski definition) is 3. The standard InChI is InChI=1S/C25H24ClF3N4O3S2/c1-3-23-32-21-12-19(25(27,28)29)20(26)13-22(21)37(23)17-7-6-16(31-14-17)10-11-30-24(34)33-38(35,36)18-8-4-15(2)5-9-18/h4-9,12-14,37H,3,10-11H2,1-2H3,(H2,30,33,34). The SMILES string of the molecule is CCC1=Nc2cc(C(F)(F)F)c(Cl)cc2[SH]1c1ccc(CCNC(=O)NS(=O)(=O)c2ccc(C)cc2)nc1. The predicted molar refractivity (Wildman–Crippen MR) is 142 cm³/mol. The molecule has 1 unspecified atom stereocenters. The number of benzene rings is 2. The van der Waals surface area contributed by atoms with Crippen LogP contribution in [-0.4, -0.2) is 31.0 Å². The van der Waals surface area contributed by atoms with Gasteiger partial charge in [-0.3, -0.25) is 4.98 Å². The highest BCUT2D eigenvalue weighted by Crippen LogP contribution is 2.57. The minimum absolute atomic E-state index is 0.0168. The Hall–Kier alpha value is -3.09. The fourth-order valence-electron chi connectivity index (χ4n) is 3.83. The third kappa shape index (κ3) is 6.13. The zero-order chi connectivity index (χ0) is 27.7. The molecule has 0 fully saturated rings. The second-order valence-electron chi connectivity index (χ2n) is 8.47. The Bertz CT molecular complexity index is 1490. The average molecular weight is 585 g/mol. The summed E-state index contributed by atoms with van der Waals surface area (Å²) in [7, 11) is -5.16. The van der Waals surface area contributed by atoms with E-state index in [0.717, 1.165) is 21.6 Å². The van der Waals surface area contributed by atoms with Crippen LogP contribution in [-0.2, 0) is 22.6 Å². The van der Waals surface area contributed by atoms with E-state index >= 15 is 0 Å². The predicted octanol–water partition coefficient (Wildman–Crippen LogP) is 6.17. The zero-order valence-electron chi connectivity index (χ0n) is 20.3. The normalized spacial score (nSPS) is 16.1. The Morgan fingerprint density at radius 2 is 1.82 bits per heavy atom. The lowest BCUT2D eigenvalue weighted by Gasteiger charge is -2.20. The van der Waals surface area contributed by atoms with Crippen LogP contribution in [0.25, 0.3) is 0 Å². The highest BCUT2D eigenvalue weighted by atomic mass is 35.5. The minimum atomic E-state index is -4.57. The van der Waals surface area contributed by atoms with Crippen LogP contribution in [0.15, 0.2) is 74.4 Å². The second kappa shape index (κ2) is 11.0. The van der Waals surface area contributed by atoms with Crippen molar-refractivity contribution in [2.45, 2.75) is 47.6 Å². The summed E-state index contributed by atoms with van der Waals surface area (Å²) in [5.41, 5.74) is 0.892. The van der Waals surface area contributed by atoms with Gasteiger partial charge in [0.25, 0.3) is 10.0 Å². The Balaban J connectivity index is 1.40. The van der Waals surface area contributed by atoms with E-state index in [0.29, 0.717) is 23.4 Å². The lowest BCUT2D eigenvalue weighted by molar-refractivity contribution is -0.137. The monoisotopic (exact) mass is 584 g/mol. The molecule has 38 heavy (non-hydrogen) atoms. The van der Waals surface area contributed by atoms with E-state index < -0.39 is 38.7 Å². The first-order valence-electron chi connectivity index (χ1n) is 11.5. The third-order valence-corrected chi connectivity index (χ3v) is 9.94. The van der Waals surface area contributed by atoms with Crippen LogP contribution in [0.2, 0.25) is 5.02 Å². The van der Waals surface area contributed by atoms with Crippen LogP contribution in [0.4, 0.5) is 23.7 Å². The summed E-state index contributed by atoms with van der Waals surface area (Å²) < 4.78 is 66.5. The van der Waals surface area contributed by atoms with Crippen molar-refractivity contribution in [2.24, 2.45) is 4.99 Å². The van der Waals surface area contributed by atoms with E-state index in [1.54, 1.807) is 24.4 Å². The number of nitrogens with one attached hydrogen (secondary N) is 2. The average Bonchev–Trinajstić information content (AvgIpc) is 3.20. The first-order valence-corrected chi connectivity index (χ1v) is 14.7. The number of hydrogen-bond acceptors (Lipinski definition) is 5. The molecular weight excluding hydrogens is 561 g/mol. The van der Waals surface area contributed by atoms with Gasteiger partial charge in [-0.1, -0.05) is 36.2 Å². The topological polar surface area (TPSA) is 101 Å². The number of urea groups is 1. The summed E-state index contributed by atoms with van der Waals surface area (Å²) in [5.74, 6) is 0. The number of pyridine rings is 1. The second-order valence-corrected chi connectivity index (χ2v) is 12.7. The van der Waals surface area contributed by atoms with Crippen molar-refractivity contribution in [3.63, 3.8) is 0 Å².